The molecule has 0 spiro atoms. The molecule has 2 fully saturated rings. The second kappa shape index (κ2) is 4.43. The summed E-state index contributed by atoms with van der Waals surface area (Å²) >= 11 is 0. The number of nitrogens with one attached hydrogen (secondary N) is 1. The van der Waals surface area contributed by atoms with Gasteiger partial charge in [0.25, 0.3) is 0 Å². The Kier molecular flexibility index (Phi) is 3.23. The molecular formula is C11H22N2. The highest BCUT2D eigenvalue weighted by molar-refractivity contribution is 4.79. The van der Waals surface area contributed by atoms with Crippen molar-refractivity contribution in [3.8, 4) is 0 Å². The molecule has 2 heteroatoms. The Bertz CT molecular complexity index is 154. The number of likely N-dealkylation sites (tertiary alicyclic amines) is 1. The van der Waals surface area contributed by atoms with Crippen LogP contribution in [0, 0.1) is 5.92 Å². The summed E-state index contributed by atoms with van der Waals surface area (Å²) in [6, 6.07) is 0.819. The second-order valence-electron chi connectivity index (χ2n) is 4.71. The Labute approximate surface area is 81.7 Å². The molecule has 0 bridgehead atoms. The lowest BCUT2D eigenvalue weighted by Gasteiger charge is -2.19. The van der Waals surface area contributed by atoms with E-state index in [9.17, 15) is 0 Å². The minimum Gasteiger partial charge on any atom is -0.315 e. The maximum atomic E-state index is 3.59. The molecule has 1 N–H and O–H groups in total. The van der Waals surface area contributed by atoms with E-state index in [-0.39, 0.29) is 0 Å². The molecule has 1 unspecified atom stereocenters. The van der Waals surface area contributed by atoms with Gasteiger partial charge in [-0.1, -0.05) is 12.8 Å². The lowest BCUT2D eigenvalue weighted by molar-refractivity contribution is 0.300. The Morgan fingerprint density at radius 3 is 2.77 bits per heavy atom. The van der Waals surface area contributed by atoms with Crippen LogP contribution < -0.4 is 5.32 Å². The Morgan fingerprint density at radius 2 is 2.15 bits per heavy atom. The van der Waals surface area contributed by atoms with E-state index in [1.165, 1.54) is 51.7 Å². The summed E-state index contributed by atoms with van der Waals surface area (Å²) < 4.78 is 0. The highest BCUT2D eigenvalue weighted by Gasteiger charge is 2.22. The summed E-state index contributed by atoms with van der Waals surface area (Å²) in [5, 5.41) is 3.59. The van der Waals surface area contributed by atoms with Gasteiger partial charge in [-0.3, -0.25) is 0 Å². The number of rotatable bonds is 5. The van der Waals surface area contributed by atoms with Crippen molar-refractivity contribution >= 4 is 0 Å². The van der Waals surface area contributed by atoms with Gasteiger partial charge in [0.2, 0.25) is 0 Å². The van der Waals surface area contributed by atoms with E-state index in [0.717, 1.165) is 12.0 Å². The van der Waals surface area contributed by atoms with Gasteiger partial charge in [0, 0.05) is 12.6 Å². The smallest absolute Gasteiger partial charge is 0.0218 e. The molecule has 1 saturated heterocycles. The second-order valence-corrected chi connectivity index (χ2v) is 4.71. The first-order valence-corrected chi connectivity index (χ1v) is 5.77. The van der Waals surface area contributed by atoms with Gasteiger partial charge < -0.3 is 10.2 Å². The molecule has 1 aliphatic carbocycles. The average molecular weight is 182 g/mol. The average Bonchev–Trinajstić information content (AvgIpc) is 2.86. The molecule has 0 amide bonds. The zero-order valence-corrected chi connectivity index (χ0v) is 8.76. The zero-order chi connectivity index (χ0) is 9.10. The van der Waals surface area contributed by atoms with Crippen LogP contribution in [0.5, 0.6) is 0 Å². The first kappa shape index (κ1) is 9.47. The van der Waals surface area contributed by atoms with Crippen molar-refractivity contribution in [3.63, 3.8) is 0 Å². The van der Waals surface area contributed by atoms with Crippen molar-refractivity contribution in [3.05, 3.63) is 0 Å². The number of likely N-dealkylation sites (N-methyl/N-ethyl adjacent to an activating group) is 1. The third-order valence-electron chi connectivity index (χ3n) is 3.48. The van der Waals surface area contributed by atoms with Crippen LogP contribution in [-0.4, -0.2) is 37.6 Å². The zero-order valence-electron chi connectivity index (χ0n) is 8.76. The third kappa shape index (κ3) is 2.96. The van der Waals surface area contributed by atoms with Crippen molar-refractivity contribution < 1.29 is 0 Å². The maximum Gasteiger partial charge on any atom is 0.0218 e. The van der Waals surface area contributed by atoms with Crippen molar-refractivity contribution in [2.75, 3.05) is 26.7 Å². The molecule has 0 aromatic carbocycles. The van der Waals surface area contributed by atoms with Crippen LogP contribution in [-0.2, 0) is 0 Å². The minimum atomic E-state index is 0.819. The maximum absolute atomic E-state index is 3.59. The van der Waals surface area contributed by atoms with Gasteiger partial charge in [-0.2, -0.15) is 0 Å². The van der Waals surface area contributed by atoms with E-state index in [4.69, 9.17) is 0 Å². The molecule has 76 valence electrons. The first-order valence-electron chi connectivity index (χ1n) is 5.77. The molecule has 0 aromatic heterocycles. The molecule has 2 aliphatic rings. The summed E-state index contributed by atoms with van der Waals surface area (Å²) in [5.41, 5.74) is 0. The van der Waals surface area contributed by atoms with Crippen LogP contribution >= 0.6 is 0 Å². The van der Waals surface area contributed by atoms with E-state index in [1.807, 2.05) is 0 Å². The van der Waals surface area contributed by atoms with Crippen molar-refractivity contribution in [2.45, 2.75) is 38.1 Å². The van der Waals surface area contributed by atoms with Gasteiger partial charge in [0.1, 0.15) is 0 Å². The molecule has 0 aromatic rings. The Hall–Kier alpha value is -0.0800. The summed E-state index contributed by atoms with van der Waals surface area (Å²) in [6.45, 7) is 3.76. The van der Waals surface area contributed by atoms with Crippen LogP contribution in [0.1, 0.15) is 32.1 Å². The number of hydrogen-bond acceptors (Lipinski definition) is 2. The molecule has 1 saturated carbocycles. The Balaban J connectivity index is 1.51. The van der Waals surface area contributed by atoms with E-state index < -0.39 is 0 Å². The van der Waals surface area contributed by atoms with E-state index >= 15 is 0 Å². The highest BCUT2D eigenvalue weighted by atomic mass is 15.2. The summed E-state index contributed by atoms with van der Waals surface area (Å²) in [5.74, 6) is 1.08. The summed E-state index contributed by atoms with van der Waals surface area (Å²) in [7, 11) is 2.25. The number of nitrogens with zero attached hydrogens (tertiary/aromatic N) is 1. The quantitative estimate of drug-likeness (QED) is 0.648. The van der Waals surface area contributed by atoms with Crippen molar-refractivity contribution in [1.82, 2.24) is 10.2 Å². The first-order chi connectivity index (χ1) is 6.36. The normalized spacial score (nSPS) is 29.8. The standard InChI is InChI=1S/C11H22N2/c1-13-8-2-3-11(13)9-12-7-6-10-4-5-10/h10-12H,2-9H2,1H3. The van der Waals surface area contributed by atoms with Crippen LogP contribution in [0.3, 0.4) is 0 Å². The molecule has 2 nitrogen and oxygen atoms in total. The van der Waals surface area contributed by atoms with E-state index in [1.54, 1.807) is 0 Å². The molecular weight excluding hydrogens is 160 g/mol. The minimum absolute atomic E-state index is 0.819. The molecule has 0 radical (unpaired) electrons. The van der Waals surface area contributed by atoms with Gasteiger partial charge >= 0.3 is 0 Å². The van der Waals surface area contributed by atoms with E-state index in [0.29, 0.717) is 0 Å². The van der Waals surface area contributed by atoms with Crippen molar-refractivity contribution in [1.29, 1.82) is 0 Å². The van der Waals surface area contributed by atoms with Crippen LogP contribution in [0.2, 0.25) is 0 Å². The van der Waals surface area contributed by atoms with Crippen LogP contribution in [0.4, 0.5) is 0 Å². The Morgan fingerprint density at radius 1 is 1.31 bits per heavy atom. The fourth-order valence-electron chi connectivity index (χ4n) is 2.22. The molecule has 1 aliphatic heterocycles. The van der Waals surface area contributed by atoms with Gasteiger partial charge in [-0.25, -0.2) is 0 Å². The van der Waals surface area contributed by atoms with Gasteiger partial charge in [-0.15, -0.1) is 0 Å². The van der Waals surface area contributed by atoms with Crippen LogP contribution in [0.15, 0.2) is 0 Å². The van der Waals surface area contributed by atoms with Gasteiger partial charge in [0.05, 0.1) is 0 Å². The molecule has 13 heavy (non-hydrogen) atoms. The highest BCUT2D eigenvalue weighted by Crippen LogP contribution is 2.31. The lowest BCUT2D eigenvalue weighted by atomic mass is 10.2. The fourth-order valence-corrected chi connectivity index (χ4v) is 2.22. The summed E-state index contributed by atoms with van der Waals surface area (Å²) in [4.78, 5) is 2.49. The largest absolute Gasteiger partial charge is 0.315 e. The molecule has 1 atom stereocenters. The van der Waals surface area contributed by atoms with Gasteiger partial charge in [-0.05, 0) is 45.3 Å². The van der Waals surface area contributed by atoms with Crippen molar-refractivity contribution in [2.24, 2.45) is 5.92 Å². The topological polar surface area (TPSA) is 15.3 Å². The third-order valence-corrected chi connectivity index (χ3v) is 3.48. The molecule has 2 rings (SSSR count). The van der Waals surface area contributed by atoms with E-state index in [2.05, 4.69) is 17.3 Å². The van der Waals surface area contributed by atoms with Crippen LogP contribution in [0.25, 0.3) is 0 Å². The van der Waals surface area contributed by atoms with Gasteiger partial charge in [0.15, 0.2) is 0 Å². The summed E-state index contributed by atoms with van der Waals surface area (Å²) in [6.07, 6.45) is 7.19. The lowest BCUT2D eigenvalue weighted by Crippen LogP contribution is -2.35. The predicted molar refractivity (Wildman–Crippen MR) is 55.9 cm³/mol. The molecule has 1 heterocycles. The fraction of sp³-hybridized carbons (Fsp3) is 1.00. The monoisotopic (exact) mass is 182 g/mol. The predicted octanol–water partition coefficient (Wildman–Crippen LogP) is 1.47. The number of hydrogen-bond donors (Lipinski definition) is 1. The SMILES string of the molecule is CN1CCCC1CNCCC1CC1.